The number of carbonyl (C=O) groups excluding carboxylic acids is 3. The molecule has 1 aromatic rings. The van der Waals surface area contributed by atoms with Crippen molar-refractivity contribution < 1.29 is 19.1 Å². The third kappa shape index (κ3) is 4.58. The predicted octanol–water partition coefficient (Wildman–Crippen LogP) is 1.69. The molecule has 0 spiro atoms. The fraction of sp³-hybridized carbons (Fsp3) is 0.438. The second-order valence-corrected chi connectivity index (χ2v) is 6.38. The Morgan fingerprint density at radius 3 is 2.05 bits per heavy atom. The largest absolute Gasteiger partial charge is 0.465 e. The molecule has 0 saturated carbocycles. The molecule has 0 bridgehead atoms. The van der Waals surface area contributed by atoms with Crippen molar-refractivity contribution in [1.29, 1.82) is 0 Å². The molecular weight excluding hydrogens is 284 g/mol. The van der Waals surface area contributed by atoms with Crippen molar-refractivity contribution in [3.8, 4) is 0 Å². The van der Waals surface area contributed by atoms with Crippen molar-refractivity contribution >= 4 is 17.8 Å². The quantitative estimate of drug-likeness (QED) is 0.857. The van der Waals surface area contributed by atoms with Gasteiger partial charge in [0, 0.05) is 24.7 Å². The van der Waals surface area contributed by atoms with E-state index in [1.165, 1.54) is 25.3 Å². The van der Waals surface area contributed by atoms with Gasteiger partial charge in [-0.15, -0.1) is 0 Å². The summed E-state index contributed by atoms with van der Waals surface area (Å²) in [6.07, 6.45) is 0. The Kier molecular flexibility index (Phi) is 5.30. The van der Waals surface area contributed by atoms with Crippen LogP contribution in [0.1, 0.15) is 51.8 Å². The van der Waals surface area contributed by atoms with Crippen LogP contribution in [0.3, 0.4) is 0 Å². The van der Waals surface area contributed by atoms with Gasteiger partial charge in [0.05, 0.1) is 12.7 Å². The molecular formula is C16H22N2O4. The van der Waals surface area contributed by atoms with Crippen LogP contribution in [0.15, 0.2) is 18.2 Å². The van der Waals surface area contributed by atoms with Gasteiger partial charge in [-0.05, 0) is 23.6 Å². The van der Waals surface area contributed by atoms with Crippen LogP contribution in [0, 0.1) is 5.41 Å². The van der Waals surface area contributed by atoms with Gasteiger partial charge in [-0.3, -0.25) is 9.59 Å². The van der Waals surface area contributed by atoms with Gasteiger partial charge in [0.2, 0.25) is 5.91 Å². The maximum absolute atomic E-state index is 12.5. The smallest absolute Gasteiger partial charge is 0.337 e. The summed E-state index contributed by atoms with van der Waals surface area (Å²) < 4.78 is 4.63. The minimum Gasteiger partial charge on any atom is -0.465 e. The fourth-order valence-electron chi connectivity index (χ4n) is 2.13. The Hall–Kier alpha value is -2.37. The highest BCUT2D eigenvalue weighted by molar-refractivity contribution is 6.02. The van der Waals surface area contributed by atoms with Gasteiger partial charge >= 0.3 is 5.97 Å². The number of ether oxygens (including phenoxy) is 1. The summed E-state index contributed by atoms with van der Waals surface area (Å²) in [5, 5.41) is 0. The van der Waals surface area contributed by atoms with Gasteiger partial charge in [-0.1, -0.05) is 20.8 Å². The van der Waals surface area contributed by atoms with E-state index in [9.17, 15) is 14.4 Å². The molecule has 1 rings (SSSR count). The van der Waals surface area contributed by atoms with Crippen molar-refractivity contribution in [3.05, 3.63) is 34.9 Å². The summed E-state index contributed by atoms with van der Waals surface area (Å²) in [6.45, 7) is 6.56. The summed E-state index contributed by atoms with van der Waals surface area (Å²) in [7, 11) is 2.90. The standard InChI is InChI=1S/C16H22N2O4/c1-16(2,3)9-18(4)14(20)11-6-10(13(17)19)7-12(8-11)15(21)22-5/h6-8H,9H2,1-5H3,(H2,17,19). The van der Waals surface area contributed by atoms with E-state index in [4.69, 9.17) is 5.73 Å². The number of nitrogens with two attached hydrogens (primary N) is 1. The lowest BCUT2D eigenvalue weighted by atomic mass is 9.95. The zero-order valence-electron chi connectivity index (χ0n) is 13.6. The fourth-order valence-corrected chi connectivity index (χ4v) is 2.13. The lowest BCUT2D eigenvalue weighted by Gasteiger charge is -2.26. The van der Waals surface area contributed by atoms with E-state index in [0.717, 1.165) is 0 Å². The van der Waals surface area contributed by atoms with Crippen LogP contribution in [-0.4, -0.2) is 43.4 Å². The summed E-state index contributed by atoms with van der Waals surface area (Å²) in [4.78, 5) is 37.1. The second kappa shape index (κ2) is 6.60. The highest BCUT2D eigenvalue weighted by Crippen LogP contribution is 2.18. The molecule has 0 aromatic heterocycles. The zero-order chi connectivity index (χ0) is 17.1. The van der Waals surface area contributed by atoms with E-state index in [0.29, 0.717) is 6.54 Å². The molecule has 0 fully saturated rings. The van der Waals surface area contributed by atoms with E-state index in [-0.39, 0.29) is 28.0 Å². The first kappa shape index (κ1) is 17.7. The third-order valence-electron chi connectivity index (χ3n) is 2.94. The average Bonchev–Trinajstić information content (AvgIpc) is 2.43. The number of esters is 1. The molecule has 0 heterocycles. The molecule has 0 aliphatic carbocycles. The highest BCUT2D eigenvalue weighted by Gasteiger charge is 2.21. The van der Waals surface area contributed by atoms with Gasteiger partial charge in [-0.25, -0.2) is 4.79 Å². The molecule has 0 aliphatic rings. The molecule has 0 unspecified atom stereocenters. The number of amides is 2. The van der Waals surface area contributed by atoms with Crippen LogP contribution in [-0.2, 0) is 4.74 Å². The molecule has 0 aliphatic heterocycles. The molecule has 6 nitrogen and oxygen atoms in total. The molecule has 0 radical (unpaired) electrons. The average molecular weight is 306 g/mol. The number of hydrogen-bond acceptors (Lipinski definition) is 4. The van der Waals surface area contributed by atoms with E-state index < -0.39 is 11.9 Å². The summed E-state index contributed by atoms with van der Waals surface area (Å²) >= 11 is 0. The molecule has 120 valence electrons. The number of benzene rings is 1. The molecule has 1 aromatic carbocycles. The van der Waals surface area contributed by atoms with Crippen molar-refractivity contribution in [2.24, 2.45) is 11.1 Å². The normalized spacial score (nSPS) is 11.0. The van der Waals surface area contributed by atoms with Gasteiger partial charge in [0.25, 0.3) is 5.91 Å². The molecule has 0 atom stereocenters. The molecule has 6 heteroatoms. The van der Waals surface area contributed by atoms with E-state index >= 15 is 0 Å². The van der Waals surface area contributed by atoms with E-state index in [1.54, 1.807) is 11.9 Å². The summed E-state index contributed by atoms with van der Waals surface area (Å²) in [6, 6.07) is 4.10. The summed E-state index contributed by atoms with van der Waals surface area (Å²) in [5.41, 5.74) is 5.62. The van der Waals surface area contributed by atoms with Crippen LogP contribution < -0.4 is 5.73 Å². The Labute approximate surface area is 130 Å². The number of rotatable bonds is 4. The van der Waals surface area contributed by atoms with Gasteiger partial charge in [0.1, 0.15) is 0 Å². The first-order valence-electron chi connectivity index (χ1n) is 6.84. The second-order valence-electron chi connectivity index (χ2n) is 6.38. The molecule has 0 saturated heterocycles. The van der Waals surface area contributed by atoms with Crippen LogP contribution in [0.2, 0.25) is 0 Å². The van der Waals surface area contributed by atoms with Crippen molar-refractivity contribution in [1.82, 2.24) is 4.90 Å². The van der Waals surface area contributed by atoms with Crippen LogP contribution in [0.4, 0.5) is 0 Å². The van der Waals surface area contributed by atoms with Crippen molar-refractivity contribution in [3.63, 3.8) is 0 Å². The van der Waals surface area contributed by atoms with Crippen LogP contribution in [0.25, 0.3) is 0 Å². The zero-order valence-corrected chi connectivity index (χ0v) is 13.6. The Morgan fingerprint density at radius 2 is 1.59 bits per heavy atom. The molecule has 2 amide bonds. The van der Waals surface area contributed by atoms with E-state index in [1.807, 2.05) is 20.8 Å². The number of nitrogens with zero attached hydrogens (tertiary/aromatic N) is 1. The van der Waals surface area contributed by atoms with E-state index in [2.05, 4.69) is 4.74 Å². The predicted molar refractivity (Wildman–Crippen MR) is 82.7 cm³/mol. The SMILES string of the molecule is COC(=O)c1cc(C(N)=O)cc(C(=O)N(C)CC(C)(C)C)c1. The van der Waals surface area contributed by atoms with Crippen LogP contribution in [0.5, 0.6) is 0 Å². The van der Waals surface area contributed by atoms with Crippen molar-refractivity contribution in [2.45, 2.75) is 20.8 Å². The lowest BCUT2D eigenvalue weighted by molar-refractivity contribution is 0.0600. The number of carbonyl (C=O) groups is 3. The topological polar surface area (TPSA) is 89.7 Å². The maximum Gasteiger partial charge on any atom is 0.337 e. The third-order valence-corrected chi connectivity index (χ3v) is 2.94. The first-order chi connectivity index (χ1) is 10.0. The van der Waals surface area contributed by atoms with Gasteiger partial charge in [-0.2, -0.15) is 0 Å². The maximum atomic E-state index is 12.5. The molecule has 22 heavy (non-hydrogen) atoms. The highest BCUT2D eigenvalue weighted by atomic mass is 16.5. The van der Waals surface area contributed by atoms with Gasteiger partial charge < -0.3 is 15.4 Å². The van der Waals surface area contributed by atoms with Crippen molar-refractivity contribution in [2.75, 3.05) is 20.7 Å². The number of primary amides is 1. The minimum atomic E-state index is -0.710. The lowest BCUT2D eigenvalue weighted by Crippen LogP contribution is -2.34. The Balaban J connectivity index is 3.22. The van der Waals surface area contributed by atoms with Crippen LogP contribution >= 0.6 is 0 Å². The van der Waals surface area contributed by atoms with Gasteiger partial charge in [0.15, 0.2) is 0 Å². The summed E-state index contributed by atoms with van der Waals surface area (Å²) in [5.74, 6) is -1.63. The number of hydrogen-bond donors (Lipinski definition) is 1. The minimum absolute atomic E-state index is 0.0725. The number of methoxy groups -OCH3 is 1. The Bertz CT molecular complexity index is 603. The molecule has 2 N–H and O–H groups in total. The Morgan fingerprint density at radius 1 is 1.09 bits per heavy atom. The first-order valence-corrected chi connectivity index (χ1v) is 6.84. The monoisotopic (exact) mass is 306 g/mol.